The number of halogens is 1. The fourth-order valence-corrected chi connectivity index (χ4v) is 1.06. The number of aryl methyl sites for hydroxylation is 1. The average molecular weight is 230 g/mol. The summed E-state index contributed by atoms with van der Waals surface area (Å²) >= 11 is 3.26. The van der Waals surface area contributed by atoms with E-state index in [0.29, 0.717) is 5.56 Å². The van der Waals surface area contributed by atoms with Crippen LogP contribution in [0.1, 0.15) is 16.1 Å². The molecule has 0 spiro atoms. The summed E-state index contributed by atoms with van der Waals surface area (Å²) in [5.41, 5.74) is 3.30. The molecule has 12 heavy (non-hydrogen) atoms. The van der Waals surface area contributed by atoms with Gasteiger partial charge in [0.1, 0.15) is 0 Å². The zero-order chi connectivity index (χ0) is 9.14. The average Bonchev–Trinajstić information content (AvgIpc) is 2.08. The van der Waals surface area contributed by atoms with E-state index in [1.807, 2.05) is 12.3 Å². The van der Waals surface area contributed by atoms with Gasteiger partial charge in [0.2, 0.25) is 0 Å². The first-order valence-corrected chi connectivity index (χ1v) is 4.07. The first-order chi connectivity index (χ1) is 5.65. The molecule has 0 aromatic carbocycles. The van der Waals surface area contributed by atoms with E-state index in [2.05, 4.69) is 20.9 Å². The van der Waals surface area contributed by atoms with Crippen LogP contribution in [0.5, 0.6) is 0 Å². The molecule has 64 valence electrons. The number of hydrogen-bond acceptors (Lipinski definition) is 3. The molecule has 0 radical (unpaired) electrons. The highest BCUT2D eigenvalue weighted by Crippen LogP contribution is 2.14. The molecule has 1 aromatic heterocycles. The number of carbonyl (C=O) groups is 1. The van der Waals surface area contributed by atoms with Crippen molar-refractivity contribution in [2.45, 2.75) is 6.92 Å². The van der Waals surface area contributed by atoms with Crippen LogP contribution in [0.3, 0.4) is 0 Å². The molecule has 1 rings (SSSR count). The van der Waals surface area contributed by atoms with Crippen LogP contribution in [0.25, 0.3) is 0 Å². The van der Waals surface area contributed by atoms with Gasteiger partial charge in [-0.2, -0.15) is 0 Å². The minimum Gasteiger partial charge on any atom is -0.290 e. The number of nitrogens with zero attached hydrogens (tertiary/aromatic N) is 1. The highest BCUT2D eigenvalue weighted by Gasteiger charge is 2.05. The van der Waals surface area contributed by atoms with Crippen LogP contribution in [-0.4, -0.2) is 10.9 Å². The standard InChI is InChI=1S/C7H8BrN3O/c1-4-6(8)2-5(3-10-4)7(12)11-9/h2-3H,9H2,1H3,(H,11,12). The van der Waals surface area contributed by atoms with E-state index in [9.17, 15) is 4.79 Å². The van der Waals surface area contributed by atoms with Crippen LogP contribution in [0.2, 0.25) is 0 Å². The van der Waals surface area contributed by atoms with Crippen LogP contribution in [0.4, 0.5) is 0 Å². The molecule has 0 unspecified atom stereocenters. The largest absolute Gasteiger partial charge is 0.290 e. The Labute approximate surface area is 78.3 Å². The zero-order valence-electron chi connectivity index (χ0n) is 6.47. The number of nitrogens with two attached hydrogens (primary N) is 1. The van der Waals surface area contributed by atoms with Crippen molar-refractivity contribution in [2.75, 3.05) is 0 Å². The second kappa shape index (κ2) is 3.64. The summed E-state index contributed by atoms with van der Waals surface area (Å²) in [7, 11) is 0. The van der Waals surface area contributed by atoms with Gasteiger partial charge in [-0.1, -0.05) is 0 Å². The molecule has 0 aliphatic rings. The van der Waals surface area contributed by atoms with E-state index < -0.39 is 0 Å². The second-order valence-electron chi connectivity index (χ2n) is 2.26. The molecule has 0 fully saturated rings. The van der Waals surface area contributed by atoms with Gasteiger partial charge < -0.3 is 0 Å². The molecule has 1 heterocycles. The van der Waals surface area contributed by atoms with Gasteiger partial charge in [0.25, 0.3) is 5.91 Å². The Hall–Kier alpha value is -0.940. The van der Waals surface area contributed by atoms with Gasteiger partial charge in [0, 0.05) is 10.7 Å². The van der Waals surface area contributed by atoms with Crippen molar-refractivity contribution in [1.29, 1.82) is 0 Å². The summed E-state index contributed by atoms with van der Waals surface area (Å²) in [4.78, 5) is 15.0. The van der Waals surface area contributed by atoms with Crippen LogP contribution in [0, 0.1) is 6.92 Å². The summed E-state index contributed by atoms with van der Waals surface area (Å²) in [6.45, 7) is 1.84. The second-order valence-corrected chi connectivity index (χ2v) is 3.12. The van der Waals surface area contributed by atoms with Gasteiger partial charge in [-0.25, -0.2) is 5.84 Å². The van der Waals surface area contributed by atoms with Crippen molar-refractivity contribution in [1.82, 2.24) is 10.4 Å². The molecule has 0 atom stereocenters. The van der Waals surface area contributed by atoms with Gasteiger partial charge in [0.15, 0.2) is 0 Å². The molecule has 1 aromatic rings. The minimum absolute atomic E-state index is 0.344. The molecule has 4 nitrogen and oxygen atoms in total. The Kier molecular flexibility index (Phi) is 2.78. The third kappa shape index (κ3) is 1.80. The lowest BCUT2D eigenvalue weighted by molar-refractivity contribution is 0.0953. The third-order valence-electron chi connectivity index (χ3n) is 1.42. The third-order valence-corrected chi connectivity index (χ3v) is 2.22. The number of amides is 1. The maximum Gasteiger partial charge on any atom is 0.266 e. The minimum atomic E-state index is -0.344. The fourth-order valence-electron chi connectivity index (χ4n) is 0.714. The van der Waals surface area contributed by atoms with E-state index in [4.69, 9.17) is 5.84 Å². The predicted octanol–water partition coefficient (Wildman–Crippen LogP) is 0.756. The van der Waals surface area contributed by atoms with Crippen LogP contribution in [0.15, 0.2) is 16.7 Å². The summed E-state index contributed by atoms with van der Waals surface area (Å²) in [5, 5.41) is 0. The molecule has 1 amide bonds. The fraction of sp³-hybridized carbons (Fsp3) is 0.143. The van der Waals surface area contributed by atoms with E-state index in [-0.39, 0.29) is 5.91 Å². The highest BCUT2D eigenvalue weighted by molar-refractivity contribution is 9.10. The smallest absolute Gasteiger partial charge is 0.266 e. The summed E-state index contributed by atoms with van der Waals surface area (Å²) in [6, 6.07) is 1.67. The lowest BCUT2D eigenvalue weighted by atomic mass is 10.2. The number of hydrogen-bond donors (Lipinski definition) is 2. The van der Waals surface area contributed by atoms with Crippen molar-refractivity contribution < 1.29 is 4.79 Å². The Morgan fingerprint density at radius 2 is 2.42 bits per heavy atom. The summed E-state index contributed by atoms with van der Waals surface area (Å²) in [6.07, 6.45) is 1.47. The molecular formula is C7H8BrN3O. The van der Waals surface area contributed by atoms with Gasteiger partial charge in [-0.3, -0.25) is 15.2 Å². The van der Waals surface area contributed by atoms with Gasteiger partial charge >= 0.3 is 0 Å². The van der Waals surface area contributed by atoms with Crippen molar-refractivity contribution in [3.63, 3.8) is 0 Å². The number of hydrazine groups is 1. The van der Waals surface area contributed by atoms with Crippen molar-refractivity contribution in [3.05, 3.63) is 28.0 Å². The Balaban J connectivity index is 3.05. The first kappa shape index (κ1) is 9.15. The van der Waals surface area contributed by atoms with Gasteiger partial charge in [-0.05, 0) is 28.9 Å². The lowest BCUT2D eigenvalue weighted by Crippen LogP contribution is -2.30. The molecule has 0 saturated carbocycles. The summed E-state index contributed by atoms with van der Waals surface area (Å²) in [5.74, 6) is 4.61. The molecule has 0 saturated heterocycles. The quantitative estimate of drug-likeness (QED) is 0.425. The number of nitrogens with one attached hydrogen (secondary N) is 1. The Morgan fingerprint density at radius 1 is 1.75 bits per heavy atom. The highest BCUT2D eigenvalue weighted by atomic mass is 79.9. The number of nitrogen functional groups attached to an aromatic ring is 1. The van der Waals surface area contributed by atoms with Gasteiger partial charge in [-0.15, -0.1) is 0 Å². The molecule has 0 bridgehead atoms. The van der Waals surface area contributed by atoms with E-state index in [1.165, 1.54) is 6.20 Å². The topological polar surface area (TPSA) is 68.0 Å². The molecular weight excluding hydrogens is 222 g/mol. The van der Waals surface area contributed by atoms with Crippen LogP contribution in [-0.2, 0) is 0 Å². The van der Waals surface area contributed by atoms with Crippen LogP contribution >= 0.6 is 15.9 Å². The summed E-state index contributed by atoms with van der Waals surface area (Å²) < 4.78 is 0.795. The van der Waals surface area contributed by atoms with Crippen LogP contribution < -0.4 is 11.3 Å². The Morgan fingerprint density at radius 3 is 2.92 bits per heavy atom. The maximum atomic E-state index is 11.0. The molecule has 5 heteroatoms. The molecule has 0 aliphatic carbocycles. The number of aromatic nitrogens is 1. The number of rotatable bonds is 1. The first-order valence-electron chi connectivity index (χ1n) is 3.28. The van der Waals surface area contributed by atoms with Crippen molar-refractivity contribution in [2.24, 2.45) is 5.84 Å². The van der Waals surface area contributed by atoms with E-state index >= 15 is 0 Å². The SMILES string of the molecule is Cc1ncc(C(=O)NN)cc1Br. The van der Waals surface area contributed by atoms with Gasteiger partial charge in [0.05, 0.1) is 11.3 Å². The number of carbonyl (C=O) groups excluding carboxylic acids is 1. The Bertz CT molecular complexity index is 314. The number of pyridine rings is 1. The monoisotopic (exact) mass is 229 g/mol. The normalized spacial score (nSPS) is 9.58. The maximum absolute atomic E-state index is 11.0. The van der Waals surface area contributed by atoms with E-state index in [0.717, 1.165) is 10.2 Å². The van der Waals surface area contributed by atoms with Crippen molar-refractivity contribution >= 4 is 21.8 Å². The zero-order valence-corrected chi connectivity index (χ0v) is 8.05. The predicted molar refractivity (Wildman–Crippen MR) is 48.3 cm³/mol. The molecule has 0 aliphatic heterocycles. The lowest BCUT2D eigenvalue weighted by Gasteiger charge is -2.00. The van der Waals surface area contributed by atoms with Crippen molar-refractivity contribution in [3.8, 4) is 0 Å². The molecule has 3 N–H and O–H groups in total. The van der Waals surface area contributed by atoms with E-state index in [1.54, 1.807) is 6.07 Å².